The molecule has 1 aliphatic heterocycles. The Bertz CT molecular complexity index is 385. The number of amides is 1. The van der Waals surface area contributed by atoms with E-state index in [4.69, 9.17) is 10.5 Å². The molecular formula is C12H20N4O2. The minimum Gasteiger partial charge on any atom is -0.382 e. The van der Waals surface area contributed by atoms with E-state index in [0.29, 0.717) is 24.2 Å². The van der Waals surface area contributed by atoms with Gasteiger partial charge < -0.3 is 15.8 Å². The molecule has 1 atom stereocenters. The summed E-state index contributed by atoms with van der Waals surface area (Å²) < 4.78 is 5.54. The van der Waals surface area contributed by atoms with E-state index < -0.39 is 0 Å². The Morgan fingerprint density at radius 3 is 3.17 bits per heavy atom. The second-order valence-corrected chi connectivity index (χ2v) is 4.59. The van der Waals surface area contributed by atoms with Crippen LogP contribution < -0.4 is 11.1 Å². The van der Waals surface area contributed by atoms with Gasteiger partial charge in [-0.05, 0) is 32.1 Å². The summed E-state index contributed by atoms with van der Waals surface area (Å²) in [7, 11) is 0. The first-order valence-corrected chi connectivity index (χ1v) is 6.46. The first-order chi connectivity index (χ1) is 8.75. The van der Waals surface area contributed by atoms with Gasteiger partial charge in [0.25, 0.3) is 5.91 Å². The molecule has 6 nitrogen and oxygen atoms in total. The van der Waals surface area contributed by atoms with Gasteiger partial charge >= 0.3 is 0 Å². The molecule has 2 rings (SSSR count). The number of carbonyl (C=O) groups excluding carboxylic acids is 1. The fourth-order valence-corrected chi connectivity index (χ4v) is 2.12. The van der Waals surface area contributed by atoms with Gasteiger partial charge in [0, 0.05) is 19.2 Å². The molecule has 4 N–H and O–H groups in total. The van der Waals surface area contributed by atoms with Crippen LogP contribution in [-0.4, -0.2) is 35.4 Å². The number of unbranched alkanes of at least 4 members (excludes halogenated alkanes) is 1. The largest absolute Gasteiger partial charge is 0.382 e. The van der Waals surface area contributed by atoms with Crippen molar-refractivity contribution in [3.05, 3.63) is 11.8 Å². The Morgan fingerprint density at radius 1 is 1.61 bits per heavy atom. The van der Waals surface area contributed by atoms with Crippen LogP contribution in [0.2, 0.25) is 0 Å². The highest BCUT2D eigenvalue weighted by atomic mass is 16.5. The van der Waals surface area contributed by atoms with Crippen LogP contribution in [0, 0.1) is 0 Å². The zero-order valence-corrected chi connectivity index (χ0v) is 10.4. The van der Waals surface area contributed by atoms with Crippen LogP contribution >= 0.6 is 0 Å². The summed E-state index contributed by atoms with van der Waals surface area (Å²) in [5, 5.41) is 9.12. The van der Waals surface area contributed by atoms with Crippen molar-refractivity contribution in [3.8, 4) is 0 Å². The van der Waals surface area contributed by atoms with E-state index in [1.54, 1.807) is 0 Å². The quantitative estimate of drug-likeness (QED) is 0.660. The van der Waals surface area contributed by atoms with Gasteiger partial charge in [0.15, 0.2) is 0 Å². The first-order valence-electron chi connectivity index (χ1n) is 6.46. The maximum Gasteiger partial charge on any atom is 0.269 e. The summed E-state index contributed by atoms with van der Waals surface area (Å²) in [5.74, 6) is 0.176. The molecule has 0 radical (unpaired) electrons. The number of rotatable bonds is 6. The lowest BCUT2D eigenvalue weighted by atomic mass is 10.1. The van der Waals surface area contributed by atoms with Crippen molar-refractivity contribution in [1.82, 2.24) is 15.5 Å². The predicted molar refractivity (Wildman–Crippen MR) is 68.2 cm³/mol. The van der Waals surface area contributed by atoms with Crippen LogP contribution in [0.25, 0.3) is 0 Å². The lowest BCUT2D eigenvalue weighted by molar-refractivity contribution is 0.0942. The zero-order chi connectivity index (χ0) is 12.8. The van der Waals surface area contributed by atoms with Crippen LogP contribution in [0.15, 0.2) is 6.07 Å². The number of anilines is 1. The van der Waals surface area contributed by atoms with Gasteiger partial charge in [0.05, 0.1) is 6.10 Å². The molecule has 1 fully saturated rings. The van der Waals surface area contributed by atoms with E-state index in [9.17, 15) is 4.79 Å². The molecule has 6 heteroatoms. The third-order valence-corrected chi connectivity index (χ3v) is 3.10. The lowest BCUT2D eigenvalue weighted by Gasteiger charge is -2.08. The average molecular weight is 252 g/mol. The number of carbonyl (C=O) groups is 1. The Kier molecular flexibility index (Phi) is 4.58. The molecule has 1 amide bonds. The number of nitrogens with one attached hydrogen (secondary N) is 2. The van der Waals surface area contributed by atoms with Gasteiger partial charge in [-0.1, -0.05) is 0 Å². The second kappa shape index (κ2) is 6.39. The molecule has 18 heavy (non-hydrogen) atoms. The number of nitrogens with zero attached hydrogens (tertiary/aromatic N) is 1. The summed E-state index contributed by atoms with van der Waals surface area (Å²) in [5.41, 5.74) is 5.84. The van der Waals surface area contributed by atoms with Crippen LogP contribution in [0.5, 0.6) is 0 Å². The number of H-pyrrole nitrogens is 1. The molecule has 1 aromatic rings. The van der Waals surface area contributed by atoms with Crippen LogP contribution in [0.1, 0.15) is 42.6 Å². The third-order valence-electron chi connectivity index (χ3n) is 3.10. The summed E-state index contributed by atoms with van der Waals surface area (Å²) in [6.07, 6.45) is 5.94. The van der Waals surface area contributed by atoms with Gasteiger partial charge in [-0.2, -0.15) is 5.10 Å². The monoisotopic (exact) mass is 252 g/mol. The zero-order valence-electron chi connectivity index (χ0n) is 10.4. The van der Waals surface area contributed by atoms with Crippen molar-refractivity contribution in [2.75, 3.05) is 18.9 Å². The molecule has 0 saturated carbocycles. The molecular weight excluding hydrogens is 232 g/mol. The average Bonchev–Trinajstić information content (AvgIpc) is 2.99. The Morgan fingerprint density at radius 2 is 2.50 bits per heavy atom. The maximum atomic E-state index is 11.6. The van der Waals surface area contributed by atoms with E-state index >= 15 is 0 Å². The number of aromatic amines is 1. The number of ether oxygens (including phenoxy) is 1. The third kappa shape index (κ3) is 3.73. The molecule has 1 aliphatic rings. The van der Waals surface area contributed by atoms with Crippen molar-refractivity contribution < 1.29 is 9.53 Å². The van der Waals surface area contributed by atoms with Crippen molar-refractivity contribution in [1.29, 1.82) is 0 Å². The Labute approximate surface area is 106 Å². The van der Waals surface area contributed by atoms with E-state index in [1.165, 1.54) is 18.9 Å². The van der Waals surface area contributed by atoms with Crippen molar-refractivity contribution in [2.45, 2.75) is 38.2 Å². The maximum absolute atomic E-state index is 11.6. The van der Waals surface area contributed by atoms with E-state index in [1.807, 2.05) is 0 Å². The summed E-state index contributed by atoms with van der Waals surface area (Å²) in [6.45, 7) is 1.58. The number of nitrogens with two attached hydrogens (primary N) is 1. The van der Waals surface area contributed by atoms with Crippen molar-refractivity contribution >= 4 is 11.7 Å². The van der Waals surface area contributed by atoms with Crippen molar-refractivity contribution in [3.63, 3.8) is 0 Å². The van der Waals surface area contributed by atoms with Gasteiger partial charge in [-0.3, -0.25) is 9.89 Å². The summed E-state index contributed by atoms with van der Waals surface area (Å²) in [6, 6.07) is 1.53. The normalized spacial score (nSPS) is 19.0. The van der Waals surface area contributed by atoms with Crippen LogP contribution in [-0.2, 0) is 4.74 Å². The number of nitrogen functional groups attached to an aromatic ring is 1. The van der Waals surface area contributed by atoms with E-state index in [2.05, 4.69) is 15.5 Å². The van der Waals surface area contributed by atoms with Gasteiger partial charge in [0.1, 0.15) is 11.5 Å². The Hall–Kier alpha value is -1.56. The van der Waals surface area contributed by atoms with Gasteiger partial charge in [0.2, 0.25) is 0 Å². The van der Waals surface area contributed by atoms with E-state index in [0.717, 1.165) is 25.9 Å². The van der Waals surface area contributed by atoms with Crippen LogP contribution in [0.3, 0.4) is 0 Å². The molecule has 0 spiro atoms. The predicted octanol–water partition coefficient (Wildman–Crippen LogP) is 1.07. The highest BCUT2D eigenvalue weighted by Crippen LogP contribution is 2.17. The van der Waals surface area contributed by atoms with Crippen molar-refractivity contribution in [2.24, 2.45) is 0 Å². The molecule has 1 aromatic heterocycles. The molecule has 1 saturated heterocycles. The fourth-order valence-electron chi connectivity index (χ4n) is 2.12. The molecule has 2 heterocycles. The highest BCUT2D eigenvalue weighted by molar-refractivity contribution is 5.92. The SMILES string of the molecule is Nc1cc(C(=O)NCCCCC2CCCO2)[nH]n1. The van der Waals surface area contributed by atoms with Crippen LogP contribution in [0.4, 0.5) is 5.82 Å². The lowest BCUT2D eigenvalue weighted by Crippen LogP contribution is -2.25. The molecule has 0 aromatic carbocycles. The standard InChI is InChI=1S/C12H20N4O2/c13-11-8-10(15-16-11)12(17)14-6-2-1-4-9-5-3-7-18-9/h8-9H,1-7H2,(H,14,17)(H3,13,15,16). The van der Waals surface area contributed by atoms with E-state index in [-0.39, 0.29) is 5.91 Å². The summed E-state index contributed by atoms with van der Waals surface area (Å²) in [4.78, 5) is 11.6. The molecule has 100 valence electrons. The Balaban J connectivity index is 1.56. The number of hydrogen-bond acceptors (Lipinski definition) is 4. The highest BCUT2D eigenvalue weighted by Gasteiger charge is 2.14. The topological polar surface area (TPSA) is 93.0 Å². The molecule has 1 unspecified atom stereocenters. The van der Waals surface area contributed by atoms with Gasteiger partial charge in [-0.15, -0.1) is 0 Å². The second-order valence-electron chi connectivity index (χ2n) is 4.59. The summed E-state index contributed by atoms with van der Waals surface area (Å²) >= 11 is 0. The molecule has 0 bridgehead atoms. The first kappa shape index (κ1) is 12.9. The fraction of sp³-hybridized carbons (Fsp3) is 0.667. The number of hydrogen-bond donors (Lipinski definition) is 3. The number of aromatic nitrogens is 2. The minimum absolute atomic E-state index is 0.156. The molecule has 0 aliphatic carbocycles. The van der Waals surface area contributed by atoms with Gasteiger partial charge in [-0.25, -0.2) is 0 Å². The minimum atomic E-state index is -0.156. The smallest absolute Gasteiger partial charge is 0.269 e.